The van der Waals surface area contributed by atoms with Crippen molar-refractivity contribution in [2.24, 2.45) is 5.41 Å². The number of hydrogen-bond donors (Lipinski definition) is 0. The van der Waals surface area contributed by atoms with Crippen LogP contribution in [0.3, 0.4) is 0 Å². The highest BCUT2D eigenvalue weighted by atomic mass is 16.2. The molecule has 2 rings (SSSR count). The Kier molecular flexibility index (Phi) is 2.34. The molecular formula is C12H22N2O. The molecule has 0 saturated carbocycles. The van der Waals surface area contributed by atoms with Crippen LogP contribution in [-0.2, 0) is 4.79 Å². The van der Waals surface area contributed by atoms with E-state index in [4.69, 9.17) is 0 Å². The zero-order valence-electron chi connectivity index (χ0n) is 10.3. The minimum absolute atomic E-state index is 0.230. The van der Waals surface area contributed by atoms with E-state index >= 15 is 0 Å². The molecule has 3 nitrogen and oxygen atoms in total. The third kappa shape index (κ3) is 1.67. The predicted molar refractivity (Wildman–Crippen MR) is 60.6 cm³/mol. The summed E-state index contributed by atoms with van der Waals surface area (Å²) >= 11 is 0. The Morgan fingerprint density at radius 2 is 1.80 bits per heavy atom. The van der Waals surface area contributed by atoms with Gasteiger partial charge < -0.3 is 4.90 Å². The Morgan fingerprint density at radius 3 is 2.20 bits per heavy atom. The summed E-state index contributed by atoms with van der Waals surface area (Å²) < 4.78 is 0. The average Bonchev–Trinajstić information content (AvgIpc) is 1.98. The monoisotopic (exact) mass is 210 g/mol. The molecule has 0 aromatic rings. The first-order chi connectivity index (χ1) is 6.88. The number of rotatable bonds is 2. The number of likely N-dealkylation sites (tertiary alicyclic amines) is 2. The van der Waals surface area contributed by atoms with Gasteiger partial charge in [-0.15, -0.1) is 0 Å². The number of carbonyl (C=O) groups is 1. The lowest BCUT2D eigenvalue weighted by atomic mass is 9.70. The van der Waals surface area contributed by atoms with E-state index in [1.165, 1.54) is 19.5 Å². The van der Waals surface area contributed by atoms with Gasteiger partial charge in [0, 0.05) is 44.1 Å². The van der Waals surface area contributed by atoms with E-state index in [1.807, 2.05) is 4.90 Å². The van der Waals surface area contributed by atoms with Crippen LogP contribution < -0.4 is 0 Å². The van der Waals surface area contributed by atoms with Crippen molar-refractivity contribution in [1.82, 2.24) is 9.80 Å². The van der Waals surface area contributed by atoms with E-state index in [0.29, 0.717) is 11.0 Å². The van der Waals surface area contributed by atoms with Crippen LogP contribution in [0.4, 0.5) is 0 Å². The summed E-state index contributed by atoms with van der Waals surface area (Å²) in [5.74, 6) is 0.230. The summed E-state index contributed by atoms with van der Waals surface area (Å²) in [6.07, 6.45) is 1.19. The van der Waals surface area contributed by atoms with Crippen LogP contribution in [0.1, 0.15) is 34.1 Å². The molecule has 0 bridgehead atoms. The minimum atomic E-state index is 0.230. The van der Waals surface area contributed by atoms with Crippen molar-refractivity contribution in [2.45, 2.75) is 39.7 Å². The van der Waals surface area contributed by atoms with Crippen molar-refractivity contribution in [2.75, 3.05) is 26.2 Å². The molecule has 0 atom stereocenters. The fourth-order valence-electron chi connectivity index (χ4n) is 2.60. The number of amides is 1. The molecule has 2 aliphatic rings. The van der Waals surface area contributed by atoms with Crippen LogP contribution in [0.25, 0.3) is 0 Å². The molecular weight excluding hydrogens is 188 g/mol. The van der Waals surface area contributed by atoms with Crippen molar-refractivity contribution in [1.29, 1.82) is 0 Å². The van der Waals surface area contributed by atoms with Crippen LogP contribution in [0.2, 0.25) is 0 Å². The van der Waals surface area contributed by atoms with E-state index in [2.05, 4.69) is 25.7 Å². The van der Waals surface area contributed by atoms with Gasteiger partial charge in [0.1, 0.15) is 0 Å². The lowest BCUT2D eigenvalue weighted by molar-refractivity contribution is -0.168. The fraction of sp³-hybridized carbons (Fsp3) is 0.917. The summed E-state index contributed by atoms with van der Waals surface area (Å²) in [6, 6.07) is 0. The van der Waals surface area contributed by atoms with E-state index in [9.17, 15) is 4.79 Å². The van der Waals surface area contributed by atoms with Gasteiger partial charge in [-0.1, -0.05) is 6.92 Å². The first-order valence-electron chi connectivity index (χ1n) is 5.89. The molecule has 2 heterocycles. The molecule has 0 radical (unpaired) electrons. The van der Waals surface area contributed by atoms with Crippen LogP contribution >= 0.6 is 0 Å². The lowest BCUT2D eigenvalue weighted by Crippen LogP contribution is -2.75. The third-order valence-electron chi connectivity index (χ3n) is 4.27. The van der Waals surface area contributed by atoms with Gasteiger partial charge in [0.25, 0.3) is 0 Å². The van der Waals surface area contributed by atoms with Crippen molar-refractivity contribution < 1.29 is 4.79 Å². The van der Waals surface area contributed by atoms with Gasteiger partial charge in [-0.2, -0.15) is 0 Å². The smallest absolute Gasteiger partial charge is 0.219 e. The third-order valence-corrected chi connectivity index (χ3v) is 4.27. The molecule has 2 fully saturated rings. The Hall–Kier alpha value is -0.570. The van der Waals surface area contributed by atoms with E-state index in [-0.39, 0.29) is 5.91 Å². The quantitative estimate of drug-likeness (QED) is 0.686. The van der Waals surface area contributed by atoms with Crippen LogP contribution in [-0.4, -0.2) is 47.4 Å². The zero-order valence-corrected chi connectivity index (χ0v) is 10.3. The Bertz CT molecular complexity index is 271. The van der Waals surface area contributed by atoms with Gasteiger partial charge in [0.15, 0.2) is 0 Å². The van der Waals surface area contributed by atoms with Gasteiger partial charge in [0.05, 0.1) is 0 Å². The molecule has 1 amide bonds. The first-order valence-corrected chi connectivity index (χ1v) is 5.89. The predicted octanol–water partition coefficient (Wildman–Crippen LogP) is 1.34. The topological polar surface area (TPSA) is 23.6 Å². The molecule has 2 aliphatic heterocycles. The zero-order chi connectivity index (χ0) is 11.3. The maximum Gasteiger partial charge on any atom is 0.219 e. The van der Waals surface area contributed by atoms with Gasteiger partial charge in [0.2, 0.25) is 5.91 Å². The van der Waals surface area contributed by atoms with E-state index in [1.54, 1.807) is 6.92 Å². The summed E-state index contributed by atoms with van der Waals surface area (Å²) in [4.78, 5) is 15.6. The van der Waals surface area contributed by atoms with Gasteiger partial charge in [-0.25, -0.2) is 0 Å². The van der Waals surface area contributed by atoms with E-state index in [0.717, 1.165) is 13.1 Å². The second-order valence-corrected chi connectivity index (χ2v) is 5.90. The largest absolute Gasteiger partial charge is 0.341 e. The van der Waals surface area contributed by atoms with Crippen LogP contribution in [0, 0.1) is 5.41 Å². The van der Waals surface area contributed by atoms with Crippen LogP contribution in [0.5, 0.6) is 0 Å². The van der Waals surface area contributed by atoms with Crippen LogP contribution in [0.15, 0.2) is 0 Å². The second-order valence-electron chi connectivity index (χ2n) is 5.90. The first kappa shape index (κ1) is 10.9. The summed E-state index contributed by atoms with van der Waals surface area (Å²) in [6.45, 7) is 12.8. The number of nitrogens with zero attached hydrogens (tertiary/aromatic N) is 2. The highest BCUT2D eigenvalue weighted by Gasteiger charge is 2.54. The normalized spacial score (nSPS) is 24.9. The summed E-state index contributed by atoms with van der Waals surface area (Å²) in [5, 5.41) is 0. The highest BCUT2D eigenvalue weighted by Crippen LogP contribution is 2.43. The lowest BCUT2D eigenvalue weighted by Gasteiger charge is -2.63. The highest BCUT2D eigenvalue weighted by molar-refractivity contribution is 5.74. The molecule has 0 aliphatic carbocycles. The standard InChI is InChI=1S/C12H22N2O/c1-5-11(3,4)14-8-12(9-14)6-13(7-12)10(2)15/h5-9H2,1-4H3. The average molecular weight is 210 g/mol. The Balaban J connectivity index is 1.83. The SMILES string of the molecule is CCC(C)(C)N1CC2(CN(C(C)=O)C2)C1. The molecule has 0 N–H and O–H groups in total. The fourth-order valence-corrected chi connectivity index (χ4v) is 2.60. The maximum atomic E-state index is 11.1. The number of hydrogen-bond acceptors (Lipinski definition) is 2. The Morgan fingerprint density at radius 1 is 1.27 bits per heavy atom. The van der Waals surface area contributed by atoms with Gasteiger partial charge in [-0.3, -0.25) is 9.69 Å². The van der Waals surface area contributed by atoms with Gasteiger partial charge in [-0.05, 0) is 20.3 Å². The summed E-state index contributed by atoms with van der Waals surface area (Å²) in [7, 11) is 0. The molecule has 0 unspecified atom stereocenters. The van der Waals surface area contributed by atoms with Crippen molar-refractivity contribution >= 4 is 5.91 Å². The van der Waals surface area contributed by atoms with Crippen molar-refractivity contribution in [3.05, 3.63) is 0 Å². The molecule has 1 spiro atoms. The molecule has 15 heavy (non-hydrogen) atoms. The molecule has 2 saturated heterocycles. The van der Waals surface area contributed by atoms with Crippen molar-refractivity contribution in [3.8, 4) is 0 Å². The van der Waals surface area contributed by atoms with E-state index < -0.39 is 0 Å². The second kappa shape index (κ2) is 3.21. The summed E-state index contributed by atoms with van der Waals surface area (Å²) in [5.41, 5.74) is 0.792. The number of carbonyl (C=O) groups excluding carboxylic acids is 1. The van der Waals surface area contributed by atoms with Crippen molar-refractivity contribution in [3.63, 3.8) is 0 Å². The molecule has 0 aromatic heterocycles. The van der Waals surface area contributed by atoms with Gasteiger partial charge >= 0.3 is 0 Å². The Labute approximate surface area is 92.4 Å². The maximum absolute atomic E-state index is 11.1. The molecule has 3 heteroatoms. The minimum Gasteiger partial charge on any atom is -0.341 e. The molecule has 0 aromatic carbocycles. The molecule has 86 valence electrons.